The molecule has 0 rings (SSSR count). The van der Waals surface area contributed by atoms with Crippen molar-refractivity contribution >= 4 is 17.9 Å². The molecule has 360 valence electrons. The molecule has 1 atom stereocenters. The summed E-state index contributed by atoms with van der Waals surface area (Å²) in [6.07, 6.45) is 60.9. The quantitative estimate of drug-likeness (QED) is 0.0262. The van der Waals surface area contributed by atoms with Crippen LogP contribution in [0.25, 0.3) is 0 Å². The Morgan fingerprint density at radius 1 is 0.323 bits per heavy atom. The Kier molecular flexibility index (Phi) is 48.8. The van der Waals surface area contributed by atoms with Gasteiger partial charge in [0.1, 0.15) is 13.2 Å². The molecule has 0 aliphatic rings. The van der Waals surface area contributed by atoms with E-state index in [0.29, 0.717) is 19.3 Å². The van der Waals surface area contributed by atoms with Crippen LogP contribution in [0.1, 0.15) is 271 Å². The van der Waals surface area contributed by atoms with Crippen LogP contribution in [0, 0.1) is 0 Å². The second kappa shape index (κ2) is 51.0. The normalized spacial score (nSPS) is 12.4. The van der Waals surface area contributed by atoms with Gasteiger partial charge in [0, 0.05) is 19.3 Å². The predicted molar refractivity (Wildman–Crippen MR) is 265 cm³/mol. The monoisotopic (exact) mass is 869 g/mol. The number of rotatable bonds is 48. The van der Waals surface area contributed by atoms with Crippen LogP contribution < -0.4 is 0 Å². The van der Waals surface area contributed by atoms with Crippen LogP contribution in [0.5, 0.6) is 0 Å². The van der Waals surface area contributed by atoms with Gasteiger partial charge in [0.15, 0.2) is 6.10 Å². The van der Waals surface area contributed by atoms with Gasteiger partial charge in [-0.3, -0.25) is 14.4 Å². The summed E-state index contributed by atoms with van der Waals surface area (Å²) < 4.78 is 16.8. The molecule has 0 N–H and O–H groups in total. The number of allylic oxidation sites excluding steroid dienone is 8. The minimum Gasteiger partial charge on any atom is -0.462 e. The lowest BCUT2D eigenvalue weighted by molar-refractivity contribution is -0.167. The number of esters is 3. The molecule has 0 aliphatic carbocycles. The topological polar surface area (TPSA) is 78.9 Å². The summed E-state index contributed by atoms with van der Waals surface area (Å²) in [5.74, 6) is -0.899. The zero-order valence-corrected chi connectivity index (χ0v) is 41.1. The maximum atomic E-state index is 12.8. The molecule has 0 unspecified atom stereocenters. The lowest BCUT2D eigenvalue weighted by Gasteiger charge is -2.18. The average molecular weight is 869 g/mol. The standard InChI is InChI=1S/C56H100O6/c1-4-7-10-13-16-19-22-25-27-28-30-32-35-38-41-44-47-50-56(59)62-53(51-60-54(57)48-45-42-39-36-33-24-21-18-15-12-9-6-3)52-61-55(58)49-46-43-40-37-34-31-29-26-23-20-17-14-11-8-5-2/h16,19-20,23,25,27,30,32,53H,4-15,17-18,21-22,24,26,28-29,31,33-52H2,1-3H3/b19-16-,23-20-,27-25-,32-30-/t53-/m0/s1. The van der Waals surface area contributed by atoms with E-state index in [4.69, 9.17) is 14.2 Å². The Hall–Kier alpha value is -2.63. The van der Waals surface area contributed by atoms with Crippen molar-refractivity contribution in [3.63, 3.8) is 0 Å². The first-order valence-electron chi connectivity index (χ1n) is 26.6. The molecular weight excluding hydrogens is 769 g/mol. The number of hydrogen-bond donors (Lipinski definition) is 0. The summed E-state index contributed by atoms with van der Waals surface area (Å²) in [7, 11) is 0. The number of carbonyl (C=O) groups is 3. The molecule has 6 nitrogen and oxygen atoms in total. The summed E-state index contributed by atoms with van der Waals surface area (Å²) in [5.41, 5.74) is 0. The first-order chi connectivity index (χ1) is 30.5. The van der Waals surface area contributed by atoms with E-state index >= 15 is 0 Å². The fourth-order valence-electron chi connectivity index (χ4n) is 7.50. The van der Waals surface area contributed by atoms with Gasteiger partial charge in [-0.15, -0.1) is 0 Å². The van der Waals surface area contributed by atoms with Crippen molar-refractivity contribution in [3.8, 4) is 0 Å². The van der Waals surface area contributed by atoms with Gasteiger partial charge in [-0.1, -0.05) is 217 Å². The highest BCUT2D eigenvalue weighted by Crippen LogP contribution is 2.15. The number of ether oxygens (including phenoxy) is 3. The Bertz CT molecular complexity index is 1090. The maximum Gasteiger partial charge on any atom is 0.306 e. The minimum atomic E-state index is -0.783. The Balaban J connectivity index is 4.41. The molecule has 0 aromatic rings. The van der Waals surface area contributed by atoms with Crippen molar-refractivity contribution in [2.75, 3.05) is 13.2 Å². The van der Waals surface area contributed by atoms with Crippen molar-refractivity contribution in [3.05, 3.63) is 48.6 Å². The predicted octanol–water partition coefficient (Wildman–Crippen LogP) is 17.5. The fourth-order valence-corrected chi connectivity index (χ4v) is 7.50. The second-order valence-electron chi connectivity index (χ2n) is 17.8. The van der Waals surface area contributed by atoms with E-state index in [0.717, 1.165) is 83.5 Å². The van der Waals surface area contributed by atoms with Gasteiger partial charge in [-0.25, -0.2) is 0 Å². The minimum absolute atomic E-state index is 0.0812. The third kappa shape index (κ3) is 48.4. The van der Waals surface area contributed by atoms with E-state index < -0.39 is 6.10 Å². The Morgan fingerprint density at radius 2 is 0.581 bits per heavy atom. The lowest BCUT2D eigenvalue weighted by atomic mass is 10.0. The van der Waals surface area contributed by atoms with Crippen molar-refractivity contribution in [2.45, 2.75) is 277 Å². The van der Waals surface area contributed by atoms with E-state index in [2.05, 4.69) is 69.4 Å². The van der Waals surface area contributed by atoms with E-state index in [-0.39, 0.29) is 31.1 Å². The first-order valence-corrected chi connectivity index (χ1v) is 26.6. The summed E-state index contributed by atoms with van der Waals surface area (Å²) in [4.78, 5) is 38.0. The van der Waals surface area contributed by atoms with E-state index in [9.17, 15) is 14.4 Å². The van der Waals surface area contributed by atoms with Crippen molar-refractivity contribution in [1.82, 2.24) is 0 Å². The molecule has 0 aliphatic heterocycles. The lowest BCUT2D eigenvalue weighted by Crippen LogP contribution is -2.30. The molecule has 0 amide bonds. The average Bonchev–Trinajstić information content (AvgIpc) is 3.27. The van der Waals surface area contributed by atoms with Gasteiger partial charge in [0.2, 0.25) is 0 Å². The van der Waals surface area contributed by atoms with Gasteiger partial charge in [-0.2, -0.15) is 0 Å². The van der Waals surface area contributed by atoms with Crippen LogP contribution in [-0.4, -0.2) is 37.2 Å². The Morgan fingerprint density at radius 3 is 0.968 bits per heavy atom. The second-order valence-corrected chi connectivity index (χ2v) is 17.8. The zero-order chi connectivity index (χ0) is 45.1. The van der Waals surface area contributed by atoms with Crippen molar-refractivity contribution < 1.29 is 28.6 Å². The van der Waals surface area contributed by atoms with Crippen LogP contribution in [0.15, 0.2) is 48.6 Å². The van der Waals surface area contributed by atoms with Gasteiger partial charge in [-0.05, 0) is 83.5 Å². The van der Waals surface area contributed by atoms with Gasteiger partial charge in [0.25, 0.3) is 0 Å². The van der Waals surface area contributed by atoms with E-state index in [1.165, 1.54) is 148 Å². The highest BCUT2D eigenvalue weighted by molar-refractivity contribution is 5.71. The first kappa shape index (κ1) is 59.4. The molecule has 0 saturated heterocycles. The SMILES string of the molecule is CCCCC/C=C\C/C=C\C/C=C\CCCCCCC(=O)O[C@H](COC(=O)CCCCCCCCC/C=C\CCCCCC)COC(=O)CCCCCCCCCCCCCC. The highest BCUT2D eigenvalue weighted by atomic mass is 16.6. The Labute approximate surface area is 384 Å². The molecule has 0 spiro atoms. The molecule has 0 radical (unpaired) electrons. The molecular formula is C56H100O6. The molecule has 0 bridgehead atoms. The van der Waals surface area contributed by atoms with Gasteiger partial charge >= 0.3 is 17.9 Å². The summed E-state index contributed by atoms with van der Waals surface area (Å²) >= 11 is 0. The van der Waals surface area contributed by atoms with E-state index in [1.807, 2.05) is 0 Å². The van der Waals surface area contributed by atoms with Crippen LogP contribution in [-0.2, 0) is 28.6 Å². The molecule has 0 aromatic heterocycles. The molecule has 0 aromatic carbocycles. The van der Waals surface area contributed by atoms with Crippen molar-refractivity contribution in [1.29, 1.82) is 0 Å². The van der Waals surface area contributed by atoms with Crippen LogP contribution in [0.3, 0.4) is 0 Å². The summed E-state index contributed by atoms with van der Waals surface area (Å²) in [5, 5.41) is 0. The molecule has 62 heavy (non-hydrogen) atoms. The van der Waals surface area contributed by atoms with Gasteiger partial charge < -0.3 is 14.2 Å². The largest absolute Gasteiger partial charge is 0.462 e. The molecule has 6 heteroatoms. The summed E-state index contributed by atoms with van der Waals surface area (Å²) in [6, 6.07) is 0. The number of carbonyl (C=O) groups excluding carboxylic acids is 3. The van der Waals surface area contributed by atoms with Gasteiger partial charge in [0.05, 0.1) is 0 Å². The third-order valence-electron chi connectivity index (χ3n) is 11.6. The number of unbranched alkanes of at least 4 members (excludes halogenated alkanes) is 29. The van der Waals surface area contributed by atoms with E-state index in [1.54, 1.807) is 0 Å². The maximum absolute atomic E-state index is 12.8. The third-order valence-corrected chi connectivity index (χ3v) is 11.6. The molecule has 0 fully saturated rings. The van der Waals surface area contributed by atoms with Crippen LogP contribution in [0.4, 0.5) is 0 Å². The zero-order valence-electron chi connectivity index (χ0n) is 41.1. The van der Waals surface area contributed by atoms with Crippen LogP contribution >= 0.6 is 0 Å². The molecule has 0 heterocycles. The highest BCUT2D eigenvalue weighted by Gasteiger charge is 2.19. The smallest absolute Gasteiger partial charge is 0.306 e. The van der Waals surface area contributed by atoms with Crippen LogP contribution in [0.2, 0.25) is 0 Å². The summed E-state index contributed by atoms with van der Waals surface area (Å²) in [6.45, 7) is 6.59. The molecule has 0 saturated carbocycles. The fraction of sp³-hybridized carbons (Fsp3) is 0.804. The van der Waals surface area contributed by atoms with Crippen molar-refractivity contribution in [2.24, 2.45) is 0 Å². The number of hydrogen-bond acceptors (Lipinski definition) is 6.